The first-order valence-electron chi connectivity index (χ1n) is 6.91. The van der Waals surface area contributed by atoms with E-state index < -0.39 is 15.3 Å². The number of nitrogens with one attached hydrogen (secondary N) is 1. The van der Waals surface area contributed by atoms with Gasteiger partial charge >= 0.3 is 0 Å². The van der Waals surface area contributed by atoms with Gasteiger partial charge in [-0.3, -0.25) is 0 Å². The molecule has 0 radical (unpaired) electrons. The molecular formula is C16H18FNO2S. The van der Waals surface area contributed by atoms with Crippen LogP contribution in [0.25, 0.3) is 11.1 Å². The van der Waals surface area contributed by atoms with Crippen LogP contribution in [0.2, 0.25) is 0 Å². The van der Waals surface area contributed by atoms with Gasteiger partial charge in [0.05, 0.1) is 0 Å². The third-order valence-corrected chi connectivity index (χ3v) is 5.07. The zero-order chi connectivity index (χ0) is 15.5. The summed E-state index contributed by atoms with van der Waals surface area (Å²) in [6.07, 6.45) is 0. The van der Waals surface area contributed by atoms with Crippen molar-refractivity contribution in [3.8, 4) is 11.1 Å². The van der Waals surface area contributed by atoms with Gasteiger partial charge in [0, 0.05) is 12.1 Å². The molecule has 0 amide bonds. The standard InChI is InChI=1S/C14H12FNO2S.C2H6/c15-13-4-2-1-3-12(13)10-5-7-11(8-6-10)14-9-16-19(14,17)18;1-2/h1-8,14,16H,9H2;1-2H3. The van der Waals surface area contributed by atoms with Crippen LogP contribution in [-0.2, 0) is 10.0 Å². The molecule has 2 aromatic carbocycles. The molecule has 1 heterocycles. The van der Waals surface area contributed by atoms with Crippen molar-refractivity contribution in [2.75, 3.05) is 6.54 Å². The van der Waals surface area contributed by atoms with E-state index in [4.69, 9.17) is 0 Å². The minimum atomic E-state index is -3.19. The number of hydrogen-bond acceptors (Lipinski definition) is 2. The van der Waals surface area contributed by atoms with Crippen molar-refractivity contribution in [3.63, 3.8) is 0 Å². The maximum absolute atomic E-state index is 13.6. The fourth-order valence-corrected chi connectivity index (χ4v) is 3.29. The molecule has 3 nitrogen and oxygen atoms in total. The summed E-state index contributed by atoms with van der Waals surface area (Å²) in [5, 5.41) is -0.484. The lowest BCUT2D eigenvalue weighted by Gasteiger charge is -2.27. The summed E-state index contributed by atoms with van der Waals surface area (Å²) in [5.41, 5.74) is 1.99. The van der Waals surface area contributed by atoms with Crippen LogP contribution in [0.5, 0.6) is 0 Å². The largest absolute Gasteiger partial charge is 0.220 e. The molecule has 5 heteroatoms. The van der Waals surface area contributed by atoms with Crippen LogP contribution in [0, 0.1) is 5.82 Å². The quantitative estimate of drug-likeness (QED) is 0.923. The van der Waals surface area contributed by atoms with Crippen LogP contribution in [-0.4, -0.2) is 15.0 Å². The van der Waals surface area contributed by atoms with Crippen molar-refractivity contribution >= 4 is 10.0 Å². The maximum atomic E-state index is 13.6. The number of rotatable bonds is 2. The van der Waals surface area contributed by atoms with Crippen molar-refractivity contribution in [2.24, 2.45) is 0 Å². The lowest BCUT2D eigenvalue weighted by molar-refractivity contribution is 0.536. The lowest BCUT2D eigenvalue weighted by atomic mass is 10.0. The van der Waals surface area contributed by atoms with Gasteiger partial charge in [0.25, 0.3) is 0 Å². The molecule has 1 N–H and O–H groups in total. The van der Waals surface area contributed by atoms with Crippen LogP contribution in [0.1, 0.15) is 24.7 Å². The van der Waals surface area contributed by atoms with E-state index in [2.05, 4.69) is 4.72 Å². The maximum Gasteiger partial charge on any atom is 0.220 e. The zero-order valence-corrected chi connectivity index (χ0v) is 12.8. The van der Waals surface area contributed by atoms with E-state index in [0.29, 0.717) is 12.1 Å². The Bertz CT molecular complexity index is 711. The molecule has 0 saturated carbocycles. The highest BCUT2D eigenvalue weighted by Gasteiger charge is 2.36. The molecule has 1 aliphatic heterocycles. The summed E-state index contributed by atoms with van der Waals surface area (Å²) in [4.78, 5) is 0. The second kappa shape index (κ2) is 6.37. The average molecular weight is 307 g/mol. The highest BCUT2D eigenvalue weighted by molar-refractivity contribution is 7.91. The number of hydrogen-bond donors (Lipinski definition) is 1. The molecule has 0 bridgehead atoms. The molecule has 0 aliphatic carbocycles. The Balaban J connectivity index is 0.000000774. The molecule has 1 unspecified atom stereocenters. The predicted octanol–water partition coefficient (Wildman–Crippen LogP) is 3.49. The zero-order valence-electron chi connectivity index (χ0n) is 12.0. The van der Waals surface area contributed by atoms with Crippen LogP contribution < -0.4 is 4.72 Å². The van der Waals surface area contributed by atoms with E-state index in [9.17, 15) is 12.8 Å². The number of benzene rings is 2. The molecule has 1 atom stereocenters. The molecule has 0 aromatic heterocycles. The van der Waals surface area contributed by atoms with Crippen molar-refractivity contribution in [3.05, 3.63) is 59.9 Å². The van der Waals surface area contributed by atoms with Gasteiger partial charge in [-0.2, -0.15) is 0 Å². The van der Waals surface area contributed by atoms with Gasteiger partial charge in [-0.15, -0.1) is 0 Å². The van der Waals surface area contributed by atoms with Crippen LogP contribution >= 0.6 is 0 Å². The number of halogens is 1. The molecule has 112 valence electrons. The van der Waals surface area contributed by atoms with Crippen molar-refractivity contribution in [1.82, 2.24) is 4.72 Å². The lowest BCUT2D eigenvalue weighted by Crippen LogP contribution is -2.45. The molecule has 2 aromatic rings. The Morgan fingerprint density at radius 2 is 1.67 bits per heavy atom. The van der Waals surface area contributed by atoms with Crippen molar-refractivity contribution < 1.29 is 12.8 Å². The first-order chi connectivity index (χ1) is 10.1. The SMILES string of the molecule is CC.O=S1(=O)NCC1c1ccc(-c2ccccc2F)cc1. The molecule has 21 heavy (non-hydrogen) atoms. The second-order valence-corrected chi connectivity index (χ2v) is 6.43. The summed E-state index contributed by atoms with van der Waals surface area (Å²) in [6, 6.07) is 13.5. The second-order valence-electron chi connectivity index (χ2n) is 4.48. The fraction of sp³-hybridized carbons (Fsp3) is 0.250. The van der Waals surface area contributed by atoms with Gasteiger partial charge in [-0.05, 0) is 17.2 Å². The van der Waals surface area contributed by atoms with E-state index in [1.165, 1.54) is 6.07 Å². The van der Waals surface area contributed by atoms with Gasteiger partial charge < -0.3 is 0 Å². The summed E-state index contributed by atoms with van der Waals surface area (Å²) >= 11 is 0. The molecular weight excluding hydrogens is 289 g/mol. The predicted molar refractivity (Wildman–Crippen MR) is 82.8 cm³/mol. The van der Waals surface area contributed by atoms with E-state index in [0.717, 1.165) is 11.1 Å². The van der Waals surface area contributed by atoms with Crippen LogP contribution in [0.15, 0.2) is 48.5 Å². The number of sulfonamides is 1. The summed E-state index contributed by atoms with van der Waals surface area (Å²) in [6.45, 7) is 4.43. The Kier molecular flexibility index (Phi) is 4.75. The Labute approximate surface area is 124 Å². The van der Waals surface area contributed by atoms with Crippen molar-refractivity contribution in [2.45, 2.75) is 19.1 Å². The van der Waals surface area contributed by atoms with Crippen LogP contribution in [0.3, 0.4) is 0 Å². The van der Waals surface area contributed by atoms with Gasteiger partial charge in [-0.1, -0.05) is 56.3 Å². The van der Waals surface area contributed by atoms with Crippen molar-refractivity contribution in [1.29, 1.82) is 0 Å². The summed E-state index contributed by atoms with van der Waals surface area (Å²) < 4.78 is 38.9. The minimum Gasteiger partial charge on any atom is -0.213 e. The van der Waals surface area contributed by atoms with Gasteiger partial charge in [0.2, 0.25) is 10.0 Å². The van der Waals surface area contributed by atoms with Gasteiger partial charge in [0.1, 0.15) is 11.1 Å². The summed E-state index contributed by atoms with van der Waals surface area (Å²) in [7, 11) is -3.19. The van der Waals surface area contributed by atoms with E-state index in [1.54, 1.807) is 42.5 Å². The Morgan fingerprint density at radius 3 is 2.14 bits per heavy atom. The topological polar surface area (TPSA) is 46.2 Å². The third kappa shape index (κ3) is 3.14. The van der Waals surface area contributed by atoms with E-state index in [-0.39, 0.29) is 5.82 Å². The molecule has 0 spiro atoms. The van der Waals surface area contributed by atoms with E-state index >= 15 is 0 Å². The smallest absolute Gasteiger partial charge is 0.213 e. The van der Waals surface area contributed by atoms with E-state index in [1.807, 2.05) is 13.8 Å². The normalized spacial score (nSPS) is 19.1. The minimum absolute atomic E-state index is 0.284. The van der Waals surface area contributed by atoms with Crippen LogP contribution in [0.4, 0.5) is 4.39 Å². The highest BCUT2D eigenvalue weighted by atomic mass is 32.2. The fourth-order valence-electron chi connectivity index (χ4n) is 2.17. The van der Waals surface area contributed by atoms with Gasteiger partial charge in [0.15, 0.2) is 0 Å². The first-order valence-corrected chi connectivity index (χ1v) is 8.46. The summed E-state index contributed by atoms with van der Waals surface area (Å²) in [5.74, 6) is -0.284. The monoisotopic (exact) mass is 307 g/mol. The third-order valence-electron chi connectivity index (χ3n) is 3.31. The molecule has 3 rings (SSSR count). The average Bonchev–Trinajstić information content (AvgIpc) is 2.50. The molecule has 1 aliphatic rings. The highest BCUT2D eigenvalue weighted by Crippen LogP contribution is 2.30. The first kappa shape index (κ1) is 15.7. The Hall–Kier alpha value is -1.72. The molecule has 1 fully saturated rings. The Morgan fingerprint density at radius 1 is 1.05 bits per heavy atom. The van der Waals surface area contributed by atoms with Gasteiger partial charge in [-0.25, -0.2) is 17.5 Å². The molecule has 1 saturated heterocycles.